The monoisotopic (exact) mass is 355 g/mol. The van der Waals surface area contributed by atoms with Crippen molar-refractivity contribution in [2.24, 2.45) is 5.92 Å². The van der Waals surface area contributed by atoms with E-state index in [0.29, 0.717) is 29.9 Å². The lowest BCUT2D eigenvalue weighted by Gasteiger charge is -2.12. The number of amides is 3. The van der Waals surface area contributed by atoms with Crippen LogP contribution >= 0.6 is 0 Å². The quantitative estimate of drug-likeness (QED) is 0.737. The van der Waals surface area contributed by atoms with E-state index in [0.717, 1.165) is 18.4 Å². The molecule has 0 aromatic heterocycles. The van der Waals surface area contributed by atoms with Crippen LogP contribution in [0.1, 0.15) is 24.0 Å². The molecule has 0 heterocycles. The number of urea groups is 1. The predicted octanol–water partition coefficient (Wildman–Crippen LogP) is 3.85. The molecule has 0 aliphatic heterocycles. The van der Waals surface area contributed by atoms with Crippen LogP contribution in [0.25, 0.3) is 0 Å². The van der Waals surface area contributed by atoms with E-state index in [2.05, 4.69) is 16.0 Å². The fraction of sp³-hybridized carbons (Fsp3) is 0.300. The van der Waals surface area contributed by atoms with Gasteiger partial charge in [0.1, 0.15) is 5.82 Å². The summed E-state index contributed by atoms with van der Waals surface area (Å²) in [6.07, 6.45) is 2.29. The maximum absolute atomic E-state index is 13.6. The van der Waals surface area contributed by atoms with Crippen LogP contribution < -0.4 is 16.0 Å². The molecule has 3 amide bonds. The fourth-order valence-electron chi connectivity index (χ4n) is 2.60. The Morgan fingerprint density at radius 1 is 1.12 bits per heavy atom. The molecule has 0 bridgehead atoms. The zero-order valence-corrected chi connectivity index (χ0v) is 14.6. The number of carbonyl (C=O) groups excluding carboxylic acids is 2. The molecule has 2 aromatic carbocycles. The van der Waals surface area contributed by atoms with Gasteiger partial charge in [-0.15, -0.1) is 0 Å². The molecule has 1 fully saturated rings. The van der Waals surface area contributed by atoms with E-state index in [4.69, 9.17) is 0 Å². The Kier molecular flexibility index (Phi) is 5.51. The molecular formula is C20H22FN3O2. The molecule has 136 valence electrons. The largest absolute Gasteiger partial charge is 0.338 e. The highest BCUT2D eigenvalue weighted by Crippen LogP contribution is 2.30. The molecule has 2 aromatic rings. The summed E-state index contributed by atoms with van der Waals surface area (Å²) in [6, 6.07) is 11.5. The Hall–Kier alpha value is -2.89. The molecule has 3 rings (SSSR count). The molecule has 1 aliphatic carbocycles. The Morgan fingerprint density at radius 2 is 1.88 bits per heavy atom. The van der Waals surface area contributed by atoms with E-state index in [1.807, 2.05) is 19.1 Å². The summed E-state index contributed by atoms with van der Waals surface area (Å²) in [6.45, 7) is 2.20. The van der Waals surface area contributed by atoms with Gasteiger partial charge in [0.25, 0.3) is 0 Å². The van der Waals surface area contributed by atoms with Gasteiger partial charge in [0.2, 0.25) is 5.91 Å². The molecular weight excluding hydrogens is 333 g/mol. The smallest absolute Gasteiger partial charge is 0.319 e. The second kappa shape index (κ2) is 7.99. The van der Waals surface area contributed by atoms with Crippen molar-refractivity contribution in [1.82, 2.24) is 5.32 Å². The van der Waals surface area contributed by atoms with Gasteiger partial charge in [-0.05, 0) is 55.5 Å². The summed E-state index contributed by atoms with van der Waals surface area (Å²) < 4.78 is 13.6. The molecule has 1 aliphatic rings. The van der Waals surface area contributed by atoms with Crippen LogP contribution in [0.15, 0.2) is 42.5 Å². The molecule has 0 spiro atoms. The average molecular weight is 355 g/mol. The molecule has 0 unspecified atom stereocenters. The Balaban J connectivity index is 1.53. The SMILES string of the molecule is Cc1ccc(NC(=O)C2CC2)cc1NC(=O)NCCc1ccccc1F. The first-order valence-corrected chi connectivity index (χ1v) is 8.72. The summed E-state index contributed by atoms with van der Waals surface area (Å²) in [7, 11) is 0. The van der Waals surface area contributed by atoms with Gasteiger partial charge in [0, 0.05) is 23.8 Å². The zero-order chi connectivity index (χ0) is 18.5. The molecule has 26 heavy (non-hydrogen) atoms. The molecule has 0 radical (unpaired) electrons. The molecule has 3 N–H and O–H groups in total. The number of nitrogens with one attached hydrogen (secondary N) is 3. The fourth-order valence-corrected chi connectivity index (χ4v) is 2.60. The van der Waals surface area contributed by atoms with Crippen LogP contribution in [0, 0.1) is 18.7 Å². The first-order chi connectivity index (χ1) is 12.5. The van der Waals surface area contributed by atoms with E-state index >= 15 is 0 Å². The van der Waals surface area contributed by atoms with Gasteiger partial charge in [-0.25, -0.2) is 9.18 Å². The van der Waals surface area contributed by atoms with E-state index in [-0.39, 0.29) is 23.7 Å². The Bertz CT molecular complexity index is 818. The van der Waals surface area contributed by atoms with Crippen LogP contribution in [0.5, 0.6) is 0 Å². The lowest BCUT2D eigenvalue weighted by Crippen LogP contribution is -2.30. The number of benzene rings is 2. The van der Waals surface area contributed by atoms with Crippen LogP contribution in [-0.2, 0) is 11.2 Å². The molecule has 6 heteroatoms. The van der Waals surface area contributed by atoms with Crippen molar-refractivity contribution in [2.75, 3.05) is 17.2 Å². The van der Waals surface area contributed by atoms with E-state index in [1.54, 1.807) is 24.3 Å². The number of hydrogen-bond donors (Lipinski definition) is 3. The van der Waals surface area contributed by atoms with Gasteiger partial charge in [0.15, 0.2) is 0 Å². The second-order valence-electron chi connectivity index (χ2n) is 6.52. The Labute approximate surface area is 152 Å². The van der Waals surface area contributed by atoms with Crippen molar-refractivity contribution < 1.29 is 14.0 Å². The lowest BCUT2D eigenvalue weighted by atomic mass is 10.1. The van der Waals surface area contributed by atoms with Crippen LogP contribution in [0.2, 0.25) is 0 Å². The maximum Gasteiger partial charge on any atom is 0.319 e. The minimum absolute atomic E-state index is 0.0224. The topological polar surface area (TPSA) is 70.2 Å². The first kappa shape index (κ1) is 17.9. The number of anilines is 2. The summed E-state index contributed by atoms with van der Waals surface area (Å²) in [5.41, 5.74) is 2.74. The predicted molar refractivity (Wildman–Crippen MR) is 99.7 cm³/mol. The normalized spacial score (nSPS) is 13.2. The van der Waals surface area contributed by atoms with Crippen molar-refractivity contribution in [2.45, 2.75) is 26.2 Å². The van der Waals surface area contributed by atoms with E-state index in [1.165, 1.54) is 6.07 Å². The second-order valence-corrected chi connectivity index (χ2v) is 6.52. The van der Waals surface area contributed by atoms with Crippen molar-refractivity contribution in [3.05, 3.63) is 59.4 Å². The van der Waals surface area contributed by atoms with Crippen molar-refractivity contribution >= 4 is 23.3 Å². The van der Waals surface area contributed by atoms with Gasteiger partial charge in [-0.1, -0.05) is 24.3 Å². The summed E-state index contributed by atoms with van der Waals surface area (Å²) in [5.74, 6) is -0.131. The third-order valence-corrected chi connectivity index (χ3v) is 4.34. The van der Waals surface area contributed by atoms with Gasteiger partial charge >= 0.3 is 6.03 Å². The highest BCUT2D eigenvalue weighted by atomic mass is 19.1. The van der Waals surface area contributed by atoms with Gasteiger partial charge in [-0.3, -0.25) is 4.79 Å². The molecule has 1 saturated carbocycles. The number of rotatable bonds is 6. The van der Waals surface area contributed by atoms with Crippen LogP contribution in [-0.4, -0.2) is 18.5 Å². The van der Waals surface area contributed by atoms with Crippen LogP contribution in [0.3, 0.4) is 0 Å². The van der Waals surface area contributed by atoms with Gasteiger partial charge < -0.3 is 16.0 Å². The standard InChI is InChI=1S/C20H22FN3O2/c1-13-6-9-16(23-19(25)15-7-8-15)12-18(13)24-20(26)22-11-10-14-4-2-3-5-17(14)21/h2-6,9,12,15H,7-8,10-11H2,1H3,(H,23,25)(H2,22,24,26). The summed E-state index contributed by atoms with van der Waals surface area (Å²) in [5, 5.41) is 8.36. The highest BCUT2D eigenvalue weighted by Gasteiger charge is 2.29. The van der Waals surface area contributed by atoms with Gasteiger partial charge in [0.05, 0.1) is 0 Å². The summed E-state index contributed by atoms with van der Waals surface area (Å²) >= 11 is 0. The van der Waals surface area contributed by atoms with E-state index in [9.17, 15) is 14.0 Å². The Morgan fingerprint density at radius 3 is 2.62 bits per heavy atom. The van der Waals surface area contributed by atoms with Gasteiger partial charge in [-0.2, -0.15) is 0 Å². The van der Waals surface area contributed by atoms with Crippen LogP contribution in [0.4, 0.5) is 20.6 Å². The highest BCUT2D eigenvalue weighted by molar-refractivity contribution is 5.96. The van der Waals surface area contributed by atoms with E-state index < -0.39 is 0 Å². The first-order valence-electron chi connectivity index (χ1n) is 8.72. The minimum Gasteiger partial charge on any atom is -0.338 e. The number of carbonyl (C=O) groups is 2. The molecule has 5 nitrogen and oxygen atoms in total. The zero-order valence-electron chi connectivity index (χ0n) is 14.6. The summed E-state index contributed by atoms with van der Waals surface area (Å²) in [4.78, 5) is 23.9. The van der Waals surface area contributed by atoms with Crippen molar-refractivity contribution in [3.8, 4) is 0 Å². The van der Waals surface area contributed by atoms with Crippen molar-refractivity contribution in [3.63, 3.8) is 0 Å². The average Bonchev–Trinajstić information content (AvgIpc) is 3.45. The lowest BCUT2D eigenvalue weighted by molar-refractivity contribution is -0.117. The molecule has 0 atom stereocenters. The third-order valence-electron chi connectivity index (χ3n) is 4.34. The molecule has 0 saturated heterocycles. The number of hydrogen-bond acceptors (Lipinski definition) is 2. The third kappa shape index (κ3) is 4.81. The van der Waals surface area contributed by atoms with Crippen molar-refractivity contribution in [1.29, 1.82) is 0 Å². The minimum atomic E-state index is -0.366. The number of halogens is 1. The number of aryl methyl sites for hydroxylation is 1. The maximum atomic E-state index is 13.6.